The Labute approximate surface area is 179 Å². The van der Waals surface area contributed by atoms with Crippen molar-refractivity contribution in [1.29, 1.82) is 0 Å². The van der Waals surface area contributed by atoms with E-state index in [1.807, 2.05) is 6.20 Å². The average molecular weight is 445 g/mol. The predicted octanol–water partition coefficient (Wildman–Crippen LogP) is 1.84. The van der Waals surface area contributed by atoms with Gasteiger partial charge in [-0.1, -0.05) is 6.07 Å². The third-order valence-corrected chi connectivity index (χ3v) is 4.33. The molecule has 2 aromatic heterocycles. The van der Waals surface area contributed by atoms with Crippen LogP contribution in [0.15, 0.2) is 30.5 Å². The SMILES string of the molecule is Cl.Cl.OCCn1nc(COc2cccc(F)c2)nc1-c1cn2c(n1)CCNCC2. The number of aromatic nitrogens is 5. The highest BCUT2D eigenvalue weighted by Gasteiger charge is 2.18. The smallest absolute Gasteiger partial charge is 0.188 e. The van der Waals surface area contributed by atoms with Crippen LogP contribution < -0.4 is 10.1 Å². The number of hydrogen-bond acceptors (Lipinski definition) is 6. The number of fused-ring (bicyclic) bond motifs is 1. The molecule has 3 aromatic rings. The van der Waals surface area contributed by atoms with Gasteiger partial charge in [-0.2, -0.15) is 5.10 Å². The molecule has 0 atom stereocenters. The lowest BCUT2D eigenvalue weighted by atomic mass is 10.3. The fraction of sp³-hybridized carbons (Fsp3) is 0.389. The minimum absolute atomic E-state index is 0. The van der Waals surface area contributed by atoms with Gasteiger partial charge in [0, 0.05) is 38.3 Å². The molecule has 0 saturated heterocycles. The van der Waals surface area contributed by atoms with Crippen LogP contribution in [0.2, 0.25) is 0 Å². The zero-order valence-electron chi connectivity index (χ0n) is 15.6. The molecule has 0 unspecified atom stereocenters. The van der Waals surface area contributed by atoms with E-state index in [9.17, 15) is 9.50 Å². The van der Waals surface area contributed by atoms with Gasteiger partial charge in [0.15, 0.2) is 11.6 Å². The van der Waals surface area contributed by atoms with Crippen LogP contribution in [0.25, 0.3) is 11.5 Å². The first-order valence-electron chi connectivity index (χ1n) is 8.93. The summed E-state index contributed by atoms with van der Waals surface area (Å²) in [5.41, 5.74) is 0.727. The molecular weight excluding hydrogens is 422 g/mol. The summed E-state index contributed by atoms with van der Waals surface area (Å²) in [5.74, 6) is 2.10. The molecule has 3 heterocycles. The van der Waals surface area contributed by atoms with E-state index in [1.54, 1.807) is 16.8 Å². The second-order valence-corrected chi connectivity index (χ2v) is 6.28. The van der Waals surface area contributed by atoms with E-state index in [0.29, 0.717) is 23.9 Å². The lowest BCUT2D eigenvalue weighted by Crippen LogP contribution is -2.17. The molecule has 0 bridgehead atoms. The number of benzene rings is 1. The lowest BCUT2D eigenvalue weighted by Gasteiger charge is -2.02. The number of aliphatic hydroxyl groups is 1. The summed E-state index contributed by atoms with van der Waals surface area (Å²) in [6.45, 7) is 3.01. The molecule has 0 amide bonds. The van der Waals surface area contributed by atoms with E-state index in [0.717, 1.165) is 37.6 Å². The van der Waals surface area contributed by atoms with Crippen LogP contribution in [0, 0.1) is 5.82 Å². The van der Waals surface area contributed by atoms with Gasteiger partial charge in [0.25, 0.3) is 0 Å². The van der Waals surface area contributed by atoms with Crippen LogP contribution in [0.3, 0.4) is 0 Å². The number of hydrogen-bond donors (Lipinski definition) is 2. The molecule has 1 aromatic carbocycles. The Bertz CT molecular complexity index is 909. The first-order valence-corrected chi connectivity index (χ1v) is 8.93. The Hall–Kier alpha value is -2.20. The first-order chi connectivity index (χ1) is 13.2. The Kier molecular flexibility index (Phi) is 8.39. The van der Waals surface area contributed by atoms with Gasteiger partial charge in [-0.25, -0.2) is 19.0 Å². The number of rotatable bonds is 6. The van der Waals surface area contributed by atoms with E-state index >= 15 is 0 Å². The number of nitrogens with one attached hydrogen (secondary N) is 1. The Morgan fingerprint density at radius 2 is 2.07 bits per heavy atom. The predicted molar refractivity (Wildman–Crippen MR) is 110 cm³/mol. The maximum atomic E-state index is 13.3. The maximum Gasteiger partial charge on any atom is 0.188 e. The highest BCUT2D eigenvalue weighted by molar-refractivity contribution is 5.85. The molecule has 4 rings (SSSR count). The Morgan fingerprint density at radius 3 is 2.86 bits per heavy atom. The van der Waals surface area contributed by atoms with Gasteiger partial charge in [0.2, 0.25) is 0 Å². The summed E-state index contributed by atoms with van der Waals surface area (Å²) in [6.07, 6.45) is 2.82. The van der Waals surface area contributed by atoms with Crippen molar-refractivity contribution >= 4 is 24.8 Å². The van der Waals surface area contributed by atoms with Crippen molar-refractivity contribution in [3.05, 3.63) is 47.9 Å². The van der Waals surface area contributed by atoms with Gasteiger partial charge in [-0.15, -0.1) is 24.8 Å². The van der Waals surface area contributed by atoms with Crippen LogP contribution in [-0.4, -0.2) is 49.1 Å². The van der Waals surface area contributed by atoms with Gasteiger partial charge in [0.1, 0.15) is 29.7 Å². The van der Waals surface area contributed by atoms with Crippen molar-refractivity contribution in [2.75, 3.05) is 19.7 Å². The van der Waals surface area contributed by atoms with Crippen LogP contribution >= 0.6 is 24.8 Å². The van der Waals surface area contributed by atoms with Gasteiger partial charge in [-0.05, 0) is 12.1 Å². The van der Waals surface area contributed by atoms with E-state index in [-0.39, 0.29) is 43.8 Å². The normalized spacial score (nSPS) is 13.0. The molecular formula is C18H23Cl2FN6O2. The molecule has 1 aliphatic heterocycles. The zero-order chi connectivity index (χ0) is 18.6. The molecule has 0 aliphatic carbocycles. The van der Waals surface area contributed by atoms with Crippen LogP contribution in [0.4, 0.5) is 4.39 Å². The topological polar surface area (TPSA) is 90.0 Å². The molecule has 11 heteroatoms. The minimum Gasteiger partial charge on any atom is -0.485 e. The molecule has 1 aliphatic rings. The van der Waals surface area contributed by atoms with E-state index in [4.69, 9.17) is 9.72 Å². The summed E-state index contributed by atoms with van der Waals surface area (Å²) in [5, 5.41) is 17.1. The number of halogens is 3. The van der Waals surface area contributed by atoms with Crippen LogP contribution in [0.5, 0.6) is 5.75 Å². The van der Waals surface area contributed by atoms with Gasteiger partial charge in [0.05, 0.1) is 13.2 Å². The number of aliphatic hydroxyl groups excluding tert-OH is 1. The standard InChI is InChI=1S/C18H21FN6O2.2ClH/c19-13-2-1-3-14(10-13)27-12-16-22-18(25(23-16)8-9-26)15-11-24-7-6-20-5-4-17(24)21-15;;/h1-3,10-11,20,26H,4-9,12H2;2*1H. The fourth-order valence-electron chi connectivity index (χ4n) is 3.07. The highest BCUT2D eigenvalue weighted by atomic mass is 35.5. The number of ether oxygens (including phenoxy) is 1. The molecule has 0 radical (unpaired) electrons. The largest absolute Gasteiger partial charge is 0.485 e. The summed E-state index contributed by atoms with van der Waals surface area (Å²) in [4.78, 5) is 9.23. The van der Waals surface area contributed by atoms with Crippen molar-refractivity contribution in [3.8, 4) is 17.3 Å². The van der Waals surface area contributed by atoms with Gasteiger partial charge < -0.3 is 19.7 Å². The Morgan fingerprint density at radius 1 is 1.21 bits per heavy atom. The fourth-order valence-corrected chi connectivity index (χ4v) is 3.07. The quantitative estimate of drug-likeness (QED) is 0.602. The third kappa shape index (κ3) is 5.45. The molecule has 2 N–H and O–H groups in total. The summed E-state index contributed by atoms with van der Waals surface area (Å²) in [6, 6.07) is 5.93. The Balaban J connectivity index is 0.00000150. The zero-order valence-corrected chi connectivity index (χ0v) is 17.3. The van der Waals surface area contributed by atoms with Crippen molar-refractivity contribution in [2.45, 2.75) is 26.1 Å². The van der Waals surface area contributed by atoms with Crippen molar-refractivity contribution < 1.29 is 14.2 Å². The maximum absolute atomic E-state index is 13.3. The molecule has 29 heavy (non-hydrogen) atoms. The molecule has 158 valence electrons. The van der Waals surface area contributed by atoms with E-state index < -0.39 is 0 Å². The van der Waals surface area contributed by atoms with Crippen LogP contribution in [-0.2, 0) is 26.1 Å². The minimum atomic E-state index is -0.360. The highest BCUT2D eigenvalue weighted by Crippen LogP contribution is 2.19. The monoisotopic (exact) mass is 444 g/mol. The van der Waals surface area contributed by atoms with E-state index in [1.165, 1.54) is 12.1 Å². The van der Waals surface area contributed by atoms with Crippen LogP contribution in [0.1, 0.15) is 11.6 Å². The second kappa shape index (κ2) is 10.5. The summed E-state index contributed by atoms with van der Waals surface area (Å²) < 4.78 is 22.6. The number of nitrogens with zero attached hydrogens (tertiary/aromatic N) is 5. The third-order valence-electron chi connectivity index (χ3n) is 4.33. The summed E-state index contributed by atoms with van der Waals surface area (Å²) in [7, 11) is 0. The molecule has 0 fully saturated rings. The molecule has 8 nitrogen and oxygen atoms in total. The summed E-state index contributed by atoms with van der Waals surface area (Å²) >= 11 is 0. The van der Waals surface area contributed by atoms with Crippen molar-refractivity contribution in [3.63, 3.8) is 0 Å². The lowest BCUT2D eigenvalue weighted by molar-refractivity contribution is 0.266. The van der Waals surface area contributed by atoms with E-state index in [2.05, 4.69) is 20.0 Å². The number of imidazole rings is 1. The van der Waals surface area contributed by atoms with Crippen molar-refractivity contribution in [1.82, 2.24) is 29.6 Å². The average Bonchev–Trinajstić information content (AvgIpc) is 3.18. The van der Waals surface area contributed by atoms with Crippen molar-refractivity contribution in [2.24, 2.45) is 0 Å². The van der Waals surface area contributed by atoms with Gasteiger partial charge in [-0.3, -0.25) is 0 Å². The van der Waals surface area contributed by atoms with Gasteiger partial charge >= 0.3 is 0 Å². The second-order valence-electron chi connectivity index (χ2n) is 6.28. The molecule has 0 spiro atoms. The molecule has 0 saturated carbocycles. The first kappa shape index (κ1) is 23.1.